The topological polar surface area (TPSA) is 0 Å². The first kappa shape index (κ1) is 12.2. The van der Waals surface area contributed by atoms with Crippen LogP contribution in [0.2, 0.25) is 0 Å². The van der Waals surface area contributed by atoms with E-state index in [4.69, 9.17) is 0 Å². The Morgan fingerprint density at radius 1 is 1.24 bits per heavy atom. The molecule has 1 aromatic carbocycles. The SMILES string of the molecule is CC1=C(C/C=C\C(C)C)c2ccc(C)cc2C1. The van der Waals surface area contributed by atoms with E-state index >= 15 is 0 Å². The minimum atomic E-state index is 0.648. The molecular weight excluding hydrogens is 204 g/mol. The zero-order valence-electron chi connectivity index (χ0n) is 11.4. The van der Waals surface area contributed by atoms with Gasteiger partial charge in [0.05, 0.1) is 0 Å². The zero-order valence-corrected chi connectivity index (χ0v) is 11.4. The van der Waals surface area contributed by atoms with Gasteiger partial charge in [-0.05, 0) is 49.3 Å². The molecule has 0 heterocycles. The standard InChI is InChI=1S/C17H22/c1-12(2)6-5-7-16-14(4)11-15-10-13(3)8-9-17(15)16/h5-6,8-10,12H,7,11H2,1-4H3/b6-5-. The molecule has 0 aromatic heterocycles. The van der Waals surface area contributed by atoms with Gasteiger partial charge in [-0.2, -0.15) is 0 Å². The molecule has 0 aliphatic heterocycles. The lowest BCUT2D eigenvalue weighted by Gasteiger charge is -2.05. The van der Waals surface area contributed by atoms with Gasteiger partial charge in [-0.15, -0.1) is 0 Å². The molecule has 0 atom stereocenters. The summed E-state index contributed by atoms with van der Waals surface area (Å²) in [6.07, 6.45) is 6.84. The second-order valence-corrected chi connectivity index (χ2v) is 5.47. The van der Waals surface area contributed by atoms with Gasteiger partial charge in [0.25, 0.3) is 0 Å². The second kappa shape index (κ2) is 4.91. The van der Waals surface area contributed by atoms with Gasteiger partial charge in [0.1, 0.15) is 0 Å². The highest BCUT2D eigenvalue weighted by Gasteiger charge is 2.17. The number of aryl methyl sites for hydroxylation is 1. The molecule has 2 rings (SSSR count). The highest BCUT2D eigenvalue weighted by molar-refractivity contribution is 5.77. The fraction of sp³-hybridized carbons (Fsp3) is 0.412. The minimum absolute atomic E-state index is 0.648. The maximum absolute atomic E-state index is 2.33. The van der Waals surface area contributed by atoms with E-state index in [0.29, 0.717) is 5.92 Å². The Balaban J connectivity index is 2.22. The highest BCUT2D eigenvalue weighted by Crippen LogP contribution is 2.35. The molecule has 0 N–H and O–H groups in total. The van der Waals surface area contributed by atoms with Crippen molar-refractivity contribution in [2.45, 2.75) is 40.5 Å². The highest BCUT2D eigenvalue weighted by atomic mass is 14.2. The van der Waals surface area contributed by atoms with E-state index in [1.54, 1.807) is 5.57 Å². The number of benzene rings is 1. The summed E-state index contributed by atoms with van der Waals surface area (Å²) in [4.78, 5) is 0. The lowest BCUT2D eigenvalue weighted by atomic mass is 10.0. The Morgan fingerprint density at radius 3 is 2.71 bits per heavy atom. The van der Waals surface area contributed by atoms with Crippen LogP contribution >= 0.6 is 0 Å². The molecule has 0 bridgehead atoms. The van der Waals surface area contributed by atoms with Crippen molar-refractivity contribution >= 4 is 5.57 Å². The first-order chi connectivity index (χ1) is 8.08. The summed E-state index contributed by atoms with van der Waals surface area (Å²) >= 11 is 0. The van der Waals surface area contributed by atoms with Crippen molar-refractivity contribution < 1.29 is 0 Å². The van der Waals surface area contributed by atoms with Crippen LogP contribution in [-0.2, 0) is 6.42 Å². The largest absolute Gasteiger partial charge is 0.0856 e. The van der Waals surface area contributed by atoms with Crippen molar-refractivity contribution in [3.05, 3.63) is 52.6 Å². The third-order valence-electron chi connectivity index (χ3n) is 3.40. The van der Waals surface area contributed by atoms with Gasteiger partial charge >= 0.3 is 0 Å². The van der Waals surface area contributed by atoms with Crippen molar-refractivity contribution in [1.29, 1.82) is 0 Å². The molecule has 1 aromatic rings. The molecule has 0 amide bonds. The number of rotatable bonds is 3. The third-order valence-corrected chi connectivity index (χ3v) is 3.40. The van der Waals surface area contributed by atoms with Crippen LogP contribution in [0.25, 0.3) is 5.57 Å². The zero-order chi connectivity index (χ0) is 12.4. The van der Waals surface area contributed by atoms with Crippen LogP contribution in [0, 0.1) is 12.8 Å². The summed E-state index contributed by atoms with van der Waals surface area (Å²) in [7, 11) is 0. The first-order valence-corrected chi connectivity index (χ1v) is 6.53. The minimum Gasteiger partial charge on any atom is -0.0856 e. The maximum atomic E-state index is 2.33. The molecule has 0 heteroatoms. The van der Waals surface area contributed by atoms with Crippen LogP contribution in [0.15, 0.2) is 35.9 Å². The van der Waals surface area contributed by atoms with Crippen molar-refractivity contribution in [2.24, 2.45) is 5.92 Å². The van der Waals surface area contributed by atoms with Crippen LogP contribution in [0.4, 0.5) is 0 Å². The average Bonchev–Trinajstić information content (AvgIpc) is 2.54. The summed E-state index contributed by atoms with van der Waals surface area (Å²) < 4.78 is 0. The lowest BCUT2D eigenvalue weighted by molar-refractivity contribution is 0.828. The van der Waals surface area contributed by atoms with E-state index in [2.05, 4.69) is 58.0 Å². The Labute approximate surface area is 105 Å². The summed E-state index contributed by atoms with van der Waals surface area (Å²) in [5.41, 5.74) is 7.43. The third kappa shape index (κ3) is 2.69. The van der Waals surface area contributed by atoms with Gasteiger partial charge in [-0.3, -0.25) is 0 Å². The number of hydrogen-bond acceptors (Lipinski definition) is 0. The van der Waals surface area contributed by atoms with Gasteiger partial charge in [0, 0.05) is 0 Å². The van der Waals surface area contributed by atoms with Gasteiger partial charge in [-0.25, -0.2) is 0 Å². The number of fused-ring (bicyclic) bond motifs is 1. The van der Waals surface area contributed by atoms with E-state index in [1.165, 1.54) is 22.3 Å². The number of allylic oxidation sites excluding steroid dienone is 4. The van der Waals surface area contributed by atoms with Crippen molar-refractivity contribution in [3.63, 3.8) is 0 Å². The normalized spacial score (nSPS) is 15.1. The molecule has 1 aliphatic rings. The van der Waals surface area contributed by atoms with E-state index in [0.717, 1.165) is 12.8 Å². The second-order valence-electron chi connectivity index (χ2n) is 5.47. The monoisotopic (exact) mass is 226 g/mol. The van der Waals surface area contributed by atoms with Gasteiger partial charge in [0.15, 0.2) is 0 Å². The average molecular weight is 226 g/mol. The van der Waals surface area contributed by atoms with Crippen LogP contribution < -0.4 is 0 Å². The van der Waals surface area contributed by atoms with Crippen LogP contribution in [0.5, 0.6) is 0 Å². The first-order valence-electron chi connectivity index (χ1n) is 6.53. The van der Waals surface area contributed by atoms with Gasteiger partial charge in [-0.1, -0.05) is 55.3 Å². The molecule has 0 saturated heterocycles. The smallest absolute Gasteiger partial charge is 0.00576 e. The molecule has 0 saturated carbocycles. The molecule has 90 valence electrons. The van der Waals surface area contributed by atoms with Gasteiger partial charge in [0.2, 0.25) is 0 Å². The molecule has 0 fully saturated rings. The van der Waals surface area contributed by atoms with E-state index in [-0.39, 0.29) is 0 Å². The molecule has 0 unspecified atom stereocenters. The predicted octanol–water partition coefficient (Wildman–Crippen LogP) is 4.93. The molecule has 1 aliphatic carbocycles. The molecule has 17 heavy (non-hydrogen) atoms. The fourth-order valence-corrected chi connectivity index (χ4v) is 2.53. The summed E-state index contributed by atoms with van der Waals surface area (Å²) in [6.45, 7) is 8.90. The molecule has 0 radical (unpaired) electrons. The Kier molecular flexibility index (Phi) is 3.51. The van der Waals surface area contributed by atoms with Crippen molar-refractivity contribution in [2.75, 3.05) is 0 Å². The fourth-order valence-electron chi connectivity index (χ4n) is 2.53. The van der Waals surface area contributed by atoms with E-state index < -0.39 is 0 Å². The summed E-state index contributed by atoms with van der Waals surface area (Å²) in [5.74, 6) is 0.648. The van der Waals surface area contributed by atoms with Crippen molar-refractivity contribution in [1.82, 2.24) is 0 Å². The lowest BCUT2D eigenvalue weighted by Crippen LogP contribution is -1.85. The van der Waals surface area contributed by atoms with Crippen molar-refractivity contribution in [3.8, 4) is 0 Å². The molecule has 0 spiro atoms. The predicted molar refractivity (Wildman–Crippen MR) is 76.1 cm³/mol. The van der Waals surface area contributed by atoms with E-state index in [1.807, 2.05) is 0 Å². The Morgan fingerprint density at radius 2 is 2.00 bits per heavy atom. The summed E-state index contributed by atoms with van der Waals surface area (Å²) in [5, 5.41) is 0. The summed E-state index contributed by atoms with van der Waals surface area (Å²) in [6, 6.07) is 6.85. The number of hydrogen-bond donors (Lipinski definition) is 0. The molecular formula is C17H22. The quantitative estimate of drug-likeness (QED) is 0.641. The Bertz CT molecular complexity index is 473. The van der Waals surface area contributed by atoms with Crippen LogP contribution in [0.3, 0.4) is 0 Å². The van der Waals surface area contributed by atoms with Gasteiger partial charge < -0.3 is 0 Å². The molecule has 0 nitrogen and oxygen atoms in total. The van der Waals surface area contributed by atoms with E-state index in [9.17, 15) is 0 Å². The van der Waals surface area contributed by atoms with Crippen LogP contribution in [0.1, 0.15) is 43.9 Å². The van der Waals surface area contributed by atoms with Crippen LogP contribution in [-0.4, -0.2) is 0 Å². The Hall–Kier alpha value is -1.30. The maximum Gasteiger partial charge on any atom is -0.00576 e.